The van der Waals surface area contributed by atoms with E-state index in [1.165, 1.54) is 0 Å². The number of anilines is 2. The Morgan fingerprint density at radius 1 is 1.08 bits per heavy atom. The minimum Gasteiger partial charge on any atom is -0.326 e. The molecule has 6 heteroatoms. The fraction of sp³-hybridized carbons (Fsp3) is 0.250. The van der Waals surface area contributed by atoms with E-state index >= 15 is 0 Å². The number of hydrogen-bond acceptors (Lipinski definition) is 3. The first-order valence-corrected chi connectivity index (χ1v) is 8.90. The molecule has 1 aliphatic heterocycles. The van der Waals surface area contributed by atoms with E-state index in [-0.39, 0.29) is 30.4 Å². The van der Waals surface area contributed by atoms with E-state index in [1.54, 1.807) is 47.4 Å². The van der Waals surface area contributed by atoms with Crippen molar-refractivity contribution < 1.29 is 14.4 Å². The van der Waals surface area contributed by atoms with E-state index < -0.39 is 0 Å². The summed E-state index contributed by atoms with van der Waals surface area (Å²) in [6.07, 6.45) is 1.59. The number of carbonyl (C=O) groups excluding carboxylic acids is 3. The number of halogens is 1. The van der Waals surface area contributed by atoms with Gasteiger partial charge in [0.15, 0.2) is 5.78 Å². The monoisotopic (exact) mass is 370 g/mol. The van der Waals surface area contributed by atoms with Gasteiger partial charge in [0.25, 0.3) is 0 Å². The fourth-order valence-electron chi connectivity index (χ4n) is 2.93. The van der Waals surface area contributed by atoms with E-state index in [9.17, 15) is 14.4 Å². The van der Waals surface area contributed by atoms with E-state index in [1.807, 2.05) is 6.07 Å². The Balaban J connectivity index is 1.57. The Labute approximate surface area is 156 Å². The molecule has 0 radical (unpaired) electrons. The molecule has 1 aliphatic rings. The Hall–Kier alpha value is -2.66. The SMILES string of the molecule is O=C(CCC(=O)c1ccccc1)Nc1ccc(N2CCCC2=O)c(Cl)c1. The van der Waals surface area contributed by atoms with Crippen molar-refractivity contribution in [1.82, 2.24) is 0 Å². The molecule has 0 spiro atoms. The topological polar surface area (TPSA) is 66.5 Å². The molecule has 0 saturated carbocycles. The van der Waals surface area contributed by atoms with Crippen molar-refractivity contribution >= 4 is 40.6 Å². The summed E-state index contributed by atoms with van der Waals surface area (Å²) in [4.78, 5) is 37.6. The molecule has 1 saturated heterocycles. The highest BCUT2D eigenvalue weighted by molar-refractivity contribution is 6.34. The second-order valence-electron chi connectivity index (χ2n) is 6.15. The third-order valence-electron chi connectivity index (χ3n) is 4.27. The zero-order chi connectivity index (χ0) is 18.5. The van der Waals surface area contributed by atoms with E-state index in [0.29, 0.717) is 34.9 Å². The third kappa shape index (κ3) is 4.29. The molecule has 1 heterocycles. The Kier molecular flexibility index (Phi) is 5.68. The molecule has 0 bridgehead atoms. The van der Waals surface area contributed by atoms with Crippen molar-refractivity contribution in [2.24, 2.45) is 0 Å². The maximum absolute atomic E-state index is 12.1. The Morgan fingerprint density at radius 3 is 2.50 bits per heavy atom. The molecule has 2 aromatic rings. The van der Waals surface area contributed by atoms with Crippen LogP contribution in [0, 0.1) is 0 Å². The van der Waals surface area contributed by atoms with Gasteiger partial charge in [-0.2, -0.15) is 0 Å². The van der Waals surface area contributed by atoms with E-state index in [0.717, 1.165) is 6.42 Å². The van der Waals surface area contributed by atoms with Crippen LogP contribution < -0.4 is 10.2 Å². The van der Waals surface area contributed by atoms with Crippen molar-refractivity contribution in [2.75, 3.05) is 16.8 Å². The van der Waals surface area contributed by atoms with Gasteiger partial charge >= 0.3 is 0 Å². The van der Waals surface area contributed by atoms with Gasteiger partial charge < -0.3 is 10.2 Å². The number of hydrogen-bond donors (Lipinski definition) is 1. The van der Waals surface area contributed by atoms with Crippen LogP contribution in [0.25, 0.3) is 0 Å². The maximum Gasteiger partial charge on any atom is 0.227 e. The normalized spacial score (nSPS) is 13.7. The molecule has 2 amide bonds. The smallest absolute Gasteiger partial charge is 0.227 e. The molecule has 1 fully saturated rings. The molecule has 1 N–H and O–H groups in total. The number of nitrogens with one attached hydrogen (secondary N) is 1. The van der Waals surface area contributed by atoms with Gasteiger partial charge in [-0.25, -0.2) is 0 Å². The van der Waals surface area contributed by atoms with Crippen molar-refractivity contribution in [1.29, 1.82) is 0 Å². The largest absolute Gasteiger partial charge is 0.326 e. The lowest BCUT2D eigenvalue weighted by atomic mass is 10.1. The summed E-state index contributed by atoms with van der Waals surface area (Å²) in [5.74, 6) is -0.264. The van der Waals surface area contributed by atoms with Crippen LogP contribution >= 0.6 is 11.6 Å². The number of amides is 2. The lowest BCUT2D eigenvalue weighted by Crippen LogP contribution is -2.24. The van der Waals surface area contributed by atoms with Crippen LogP contribution in [0.2, 0.25) is 5.02 Å². The first-order chi connectivity index (χ1) is 12.5. The molecule has 5 nitrogen and oxygen atoms in total. The summed E-state index contributed by atoms with van der Waals surface area (Å²) in [5.41, 5.74) is 1.80. The Morgan fingerprint density at radius 2 is 1.85 bits per heavy atom. The lowest BCUT2D eigenvalue weighted by Gasteiger charge is -2.18. The zero-order valence-electron chi connectivity index (χ0n) is 14.2. The van der Waals surface area contributed by atoms with Gasteiger partial charge in [0.05, 0.1) is 10.7 Å². The van der Waals surface area contributed by atoms with Crippen LogP contribution in [-0.2, 0) is 9.59 Å². The minimum absolute atomic E-state index is 0.0584. The summed E-state index contributed by atoms with van der Waals surface area (Å²) in [6, 6.07) is 14.0. The molecular weight excluding hydrogens is 352 g/mol. The molecular formula is C20H19ClN2O3. The van der Waals surface area contributed by atoms with Crippen LogP contribution in [-0.4, -0.2) is 24.1 Å². The lowest BCUT2D eigenvalue weighted by molar-refractivity contribution is -0.117. The predicted molar refractivity (Wildman–Crippen MR) is 102 cm³/mol. The number of Topliss-reactive ketones (excluding diaryl/α,β-unsaturated/α-hetero) is 1. The summed E-state index contributed by atoms with van der Waals surface area (Å²) >= 11 is 6.27. The highest BCUT2D eigenvalue weighted by atomic mass is 35.5. The molecule has 0 unspecified atom stereocenters. The van der Waals surface area contributed by atoms with Crippen LogP contribution in [0.15, 0.2) is 48.5 Å². The number of benzene rings is 2. The maximum atomic E-state index is 12.1. The second kappa shape index (κ2) is 8.15. The fourth-order valence-corrected chi connectivity index (χ4v) is 3.21. The zero-order valence-corrected chi connectivity index (χ0v) is 15.0. The molecule has 26 heavy (non-hydrogen) atoms. The summed E-state index contributed by atoms with van der Waals surface area (Å²) < 4.78 is 0. The van der Waals surface area contributed by atoms with Crippen molar-refractivity contribution in [3.05, 3.63) is 59.1 Å². The summed E-state index contributed by atoms with van der Waals surface area (Å²) in [6.45, 7) is 0.659. The highest BCUT2D eigenvalue weighted by Gasteiger charge is 2.23. The molecule has 2 aromatic carbocycles. The number of nitrogens with zero attached hydrogens (tertiary/aromatic N) is 1. The molecule has 0 aromatic heterocycles. The van der Waals surface area contributed by atoms with E-state index in [4.69, 9.17) is 11.6 Å². The van der Waals surface area contributed by atoms with Crippen LogP contribution in [0.5, 0.6) is 0 Å². The summed E-state index contributed by atoms with van der Waals surface area (Å²) in [5, 5.41) is 3.15. The van der Waals surface area contributed by atoms with E-state index in [2.05, 4.69) is 5.32 Å². The number of ketones is 1. The van der Waals surface area contributed by atoms with Crippen LogP contribution in [0.1, 0.15) is 36.0 Å². The summed E-state index contributed by atoms with van der Waals surface area (Å²) in [7, 11) is 0. The first-order valence-electron chi connectivity index (χ1n) is 8.52. The van der Waals surface area contributed by atoms with Gasteiger partial charge in [-0.15, -0.1) is 0 Å². The van der Waals surface area contributed by atoms with Crippen LogP contribution in [0.3, 0.4) is 0 Å². The quantitative estimate of drug-likeness (QED) is 0.779. The number of carbonyl (C=O) groups is 3. The van der Waals surface area contributed by atoms with Gasteiger partial charge in [-0.1, -0.05) is 41.9 Å². The van der Waals surface area contributed by atoms with Gasteiger partial charge in [-0.3, -0.25) is 14.4 Å². The van der Waals surface area contributed by atoms with Crippen molar-refractivity contribution in [3.63, 3.8) is 0 Å². The predicted octanol–water partition coefficient (Wildman–Crippen LogP) is 4.07. The standard InChI is InChI=1S/C20H19ClN2O3/c21-16-13-15(8-9-17(16)23-12-4-7-20(23)26)22-19(25)11-10-18(24)14-5-2-1-3-6-14/h1-3,5-6,8-9,13H,4,7,10-12H2,(H,22,25). The van der Waals surface area contributed by atoms with Crippen LogP contribution in [0.4, 0.5) is 11.4 Å². The molecule has 0 aliphatic carbocycles. The molecule has 0 atom stereocenters. The second-order valence-corrected chi connectivity index (χ2v) is 6.56. The molecule has 3 rings (SSSR count). The minimum atomic E-state index is -0.254. The van der Waals surface area contributed by atoms with Gasteiger partial charge in [0.1, 0.15) is 0 Å². The first kappa shape index (κ1) is 18.1. The van der Waals surface area contributed by atoms with Crippen molar-refractivity contribution in [2.45, 2.75) is 25.7 Å². The average Bonchev–Trinajstić information content (AvgIpc) is 3.06. The van der Waals surface area contributed by atoms with Gasteiger partial charge in [-0.05, 0) is 24.6 Å². The van der Waals surface area contributed by atoms with Gasteiger partial charge in [0.2, 0.25) is 11.8 Å². The highest BCUT2D eigenvalue weighted by Crippen LogP contribution is 2.31. The molecule has 134 valence electrons. The van der Waals surface area contributed by atoms with Crippen molar-refractivity contribution in [3.8, 4) is 0 Å². The third-order valence-corrected chi connectivity index (χ3v) is 4.57. The number of rotatable bonds is 6. The average molecular weight is 371 g/mol. The Bertz CT molecular complexity index is 836. The van der Waals surface area contributed by atoms with Gasteiger partial charge in [0, 0.05) is 37.1 Å².